The number of hydrogen-bond acceptors (Lipinski definition) is 4. The summed E-state index contributed by atoms with van der Waals surface area (Å²) in [6, 6.07) is 10.5. The van der Waals surface area contributed by atoms with Crippen molar-refractivity contribution in [3.63, 3.8) is 0 Å². The quantitative estimate of drug-likeness (QED) is 0.730. The van der Waals surface area contributed by atoms with Crippen LogP contribution in [-0.2, 0) is 9.59 Å². The van der Waals surface area contributed by atoms with Crippen LogP contribution in [0, 0.1) is 0 Å². The van der Waals surface area contributed by atoms with E-state index in [9.17, 15) is 9.59 Å². The van der Waals surface area contributed by atoms with Crippen molar-refractivity contribution in [3.05, 3.63) is 56.6 Å². The molecule has 1 aromatic heterocycles. The van der Waals surface area contributed by atoms with Crippen molar-refractivity contribution < 1.29 is 9.59 Å². The van der Waals surface area contributed by atoms with E-state index < -0.39 is 0 Å². The summed E-state index contributed by atoms with van der Waals surface area (Å²) in [7, 11) is 0. The lowest BCUT2D eigenvalue weighted by Gasteiger charge is -2.15. The molecule has 0 radical (unpaired) electrons. The first kappa shape index (κ1) is 16.3. The van der Waals surface area contributed by atoms with Crippen molar-refractivity contribution in [2.75, 3.05) is 4.90 Å². The molecule has 0 saturated heterocycles. The molecule has 3 rings (SSSR count). The highest BCUT2D eigenvalue weighted by atomic mass is 35.5. The predicted octanol–water partition coefficient (Wildman–Crippen LogP) is 4.83. The van der Waals surface area contributed by atoms with Gasteiger partial charge in [-0.25, -0.2) is 4.90 Å². The van der Waals surface area contributed by atoms with Crippen molar-refractivity contribution in [1.82, 2.24) is 0 Å². The second-order valence-corrected chi connectivity index (χ2v) is 8.24. The minimum absolute atomic E-state index is 0.210. The molecule has 118 valence electrons. The lowest BCUT2D eigenvalue weighted by molar-refractivity contribution is -0.119. The van der Waals surface area contributed by atoms with E-state index in [1.807, 2.05) is 31.4 Å². The molecular formula is C17H14ClNO2S2. The van der Waals surface area contributed by atoms with Crippen LogP contribution < -0.4 is 4.90 Å². The Kier molecular flexibility index (Phi) is 4.62. The van der Waals surface area contributed by atoms with E-state index in [-0.39, 0.29) is 17.1 Å². The van der Waals surface area contributed by atoms with Crippen LogP contribution in [0.2, 0.25) is 5.02 Å². The number of imide groups is 1. The topological polar surface area (TPSA) is 37.4 Å². The average molecular weight is 364 g/mol. The van der Waals surface area contributed by atoms with Crippen LogP contribution >= 0.6 is 34.7 Å². The SMILES string of the molecule is CC(C)SC1=C(c2cccs2)C(=O)N(c2ccc(Cl)cc2)C1=O. The summed E-state index contributed by atoms with van der Waals surface area (Å²) in [6.45, 7) is 4.01. The molecule has 3 nitrogen and oxygen atoms in total. The second kappa shape index (κ2) is 6.51. The van der Waals surface area contributed by atoms with Crippen molar-refractivity contribution >= 4 is 57.8 Å². The van der Waals surface area contributed by atoms with Crippen LogP contribution in [0.5, 0.6) is 0 Å². The van der Waals surface area contributed by atoms with Crippen LogP contribution in [0.4, 0.5) is 5.69 Å². The van der Waals surface area contributed by atoms with E-state index in [0.717, 1.165) is 4.88 Å². The lowest BCUT2D eigenvalue weighted by atomic mass is 10.2. The first-order valence-corrected chi connectivity index (χ1v) is 9.22. The molecule has 0 atom stereocenters. The number of nitrogens with zero attached hydrogens (tertiary/aromatic N) is 1. The van der Waals surface area contributed by atoms with E-state index in [1.54, 1.807) is 24.3 Å². The first-order valence-electron chi connectivity index (χ1n) is 7.08. The molecule has 1 aromatic carbocycles. The second-order valence-electron chi connectivity index (χ2n) is 5.27. The molecule has 2 heterocycles. The zero-order valence-corrected chi connectivity index (χ0v) is 15.0. The molecule has 2 amide bonds. The van der Waals surface area contributed by atoms with E-state index in [2.05, 4.69) is 0 Å². The molecule has 2 aromatic rings. The van der Waals surface area contributed by atoms with Crippen LogP contribution in [0.15, 0.2) is 46.7 Å². The largest absolute Gasteiger partial charge is 0.272 e. The lowest BCUT2D eigenvalue weighted by Crippen LogP contribution is -2.31. The van der Waals surface area contributed by atoms with Gasteiger partial charge < -0.3 is 0 Å². The Hall–Kier alpha value is -1.56. The third kappa shape index (κ3) is 3.09. The van der Waals surface area contributed by atoms with Gasteiger partial charge in [0, 0.05) is 15.1 Å². The minimum atomic E-state index is -0.275. The summed E-state index contributed by atoms with van der Waals surface area (Å²) < 4.78 is 0. The van der Waals surface area contributed by atoms with Gasteiger partial charge in [0.1, 0.15) is 0 Å². The average Bonchev–Trinajstić information content (AvgIpc) is 3.09. The molecule has 0 spiro atoms. The maximum atomic E-state index is 12.9. The zero-order chi connectivity index (χ0) is 16.6. The number of halogens is 1. The highest BCUT2D eigenvalue weighted by Crippen LogP contribution is 2.41. The highest BCUT2D eigenvalue weighted by Gasteiger charge is 2.40. The third-order valence-corrected chi connectivity index (χ3v) is 5.47. The minimum Gasteiger partial charge on any atom is -0.268 e. The molecule has 0 unspecified atom stereocenters. The van der Waals surface area contributed by atoms with Gasteiger partial charge in [-0.2, -0.15) is 0 Å². The number of amides is 2. The summed E-state index contributed by atoms with van der Waals surface area (Å²) in [5.41, 5.74) is 1.04. The first-order chi connectivity index (χ1) is 11.0. The molecular weight excluding hydrogens is 350 g/mol. The number of carbonyl (C=O) groups excluding carboxylic acids is 2. The molecule has 0 fully saturated rings. The number of thioether (sulfide) groups is 1. The van der Waals surface area contributed by atoms with Crippen molar-refractivity contribution in [1.29, 1.82) is 0 Å². The molecule has 0 saturated carbocycles. The standard InChI is InChI=1S/C17H14ClNO2S2/c1-10(2)23-15-14(13-4-3-9-22-13)16(20)19(17(15)21)12-7-5-11(18)6-8-12/h3-10H,1-2H3. The Balaban J connectivity index is 2.07. The highest BCUT2D eigenvalue weighted by molar-refractivity contribution is 8.04. The van der Waals surface area contributed by atoms with Crippen LogP contribution in [0.25, 0.3) is 5.57 Å². The van der Waals surface area contributed by atoms with Gasteiger partial charge in [-0.05, 0) is 35.7 Å². The van der Waals surface area contributed by atoms with E-state index in [1.165, 1.54) is 28.0 Å². The summed E-state index contributed by atoms with van der Waals surface area (Å²) >= 11 is 8.79. The number of rotatable bonds is 4. The fraction of sp³-hybridized carbons (Fsp3) is 0.176. The molecule has 0 bridgehead atoms. The Morgan fingerprint density at radius 1 is 1.09 bits per heavy atom. The van der Waals surface area contributed by atoms with Crippen LogP contribution in [0.3, 0.4) is 0 Å². The predicted molar refractivity (Wildman–Crippen MR) is 97.9 cm³/mol. The molecule has 0 aliphatic carbocycles. The van der Waals surface area contributed by atoms with Gasteiger partial charge in [-0.3, -0.25) is 9.59 Å². The van der Waals surface area contributed by atoms with Crippen molar-refractivity contribution in [2.45, 2.75) is 19.1 Å². The summed E-state index contributed by atoms with van der Waals surface area (Å²) in [5.74, 6) is -0.539. The Morgan fingerprint density at radius 2 is 1.78 bits per heavy atom. The number of anilines is 1. The Labute approximate surface area is 147 Å². The van der Waals surface area contributed by atoms with E-state index in [4.69, 9.17) is 11.6 Å². The van der Waals surface area contributed by atoms with Gasteiger partial charge in [-0.15, -0.1) is 23.1 Å². The number of carbonyl (C=O) groups is 2. The van der Waals surface area contributed by atoms with Gasteiger partial charge in [0.2, 0.25) is 0 Å². The number of hydrogen-bond donors (Lipinski definition) is 0. The fourth-order valence-electron chi connectivity index (χ4n) is 2.32. The van der Waals surface area contributed by atoms with Crippen LogP contribution in [-0.4, -0.2) is 17.1 Å². The summed E-state index contributed by atoms with van der Waals surface area (Å²) in [4.78, 5) is 28.3. The number of thiophene rings is 1. The van der Waals surface area contributed by atoms with E-state index in [0.29, 0.717) is 21.2 Å². The normalized spacial score (nSPS) is 15.2. The molecule has 6 heteroatoms. The van der Waals surface area contributed by atoms with Crippen molar-refractivity contribution in [2.24, 2.45) is 0 Å². The van der Waals surface area contributed by atoms with Gasteiger partial charge in [-0.1, -0.05) is 31.5 Å². The molecule has 1 aliphatic heterocycles. The summed E-state index contributed by atoms with van der Waals surface area (Å²) in [5, 5.41) is 2.68. The Bertz CT molecular complexity index is 779. The summed E-state index contributed by atoms with van der Waals surface area (Å²) in [6.07, 6.45) is 0. The van der Waals surface area contributed by atoms with Crippen LogP contribution in [0.1, 0.15) is 18.7 Å². The molecule has 0 N–H and O–H groups in total. The monoisotopic (exact) mass is 363 g/mol. The molecule has 23 heavy (non-hydrogen) atoms. The van der Waals surface area contributed by atoms with Crippen molar-refractivity contribution in [3.8, 4) is 0 Å². The smallest absolute Gasteiger partial charge is 0.268 e. The van der Waals surface area contributed by atoms with Gasteiger partial charge in [0.15, 0.2) is 0 Å². The zero-order valence-electron chi connectivity index (χ0n) is 12.6. The maximum absolute atomic E-state index is 12.9. The number of benzene rings is 1. The maximum Gasteiger partial charge on any atom is 0.272 e. The fourth-order valence-corrected chi connectivity index (χ4v) is 4.25. The third-order valence-electron chi connectivity index (χ3n) is 3.25. The van der Waals surface area contributed by atoms with Gasteiger partial charge in [0.05, 0.1) is 16.2 Å². The molecule has 1 aliphatic rings. The van der Waals surface area contributed by atoms with E-state index >= 15 is 0 Å². The Morgan fingerprint density at radius 3 is 2.35 bits per heavy atom. The van der Waals surface area contributed by atoms with Gasteiger partial charge >= 0.3 is 0 Å². The van der Waals surface area contributed by atoms with Gasteiger partial charge in [0.25, 0.3) is 11.8 Å².